The molecule has 1 fully saturated rings. The second kappa shape index (κ2) is 11.8. The summed E-state index contributed by atoms with van der Waals surface area (Å²) in [5.74, 6) is -2.97. The van der Waals surface area contributed by atoms with Crippen molar-refractivity contribution in [2.75, 3.05) is 39.3 Å². The van der Waals surface area contributed by atoms with Crippen molar-refractivity contribution in [1.82, 2.24) is 0 Å². The van der Waals surface area contributed by atoms with Crippen LogP contribution in [0.1, 0.15) is 42.1 Å². The quantitative estimate of drug-likeness (QED) is 0.258. The van der Waals surface area contributed by atoms with E-state index in [1.807, 2.05) is 6.92 Å². The van der Waals surface area contributed by atoms with Gasteiger partial charge in [-0.25, -0.2) is 8.42 Å². The third kappa shape index (κ3) is 6.92. The van der Waals surface area contributed by atoms with E-state index < -0.39 is 33.1 Å². The first-order valence-electron chi connectivity index (χ1n) is 10.0. The van der Waals surface area contributed by atoms with Crippen molar-refractivity contribution in [3.63, 3.8) is 0 Å². The lowest BCUT2D eigenvalue weighted by molar-refractivity contribution is -0.133. The van der Waals surface area contributed by atoms with Gasteiger partial charge in [-0.15, -0.1) is 0 Å². The highest BCUT2D eigenvalue weighted by Gasteiger charge is 2.38. The summed E-state index contributed by atoms with van der Waals surface area (Å²) >= 11 is 6.39. The van der Waals surface area contributed by atoms with Crippen LogP contribution >= 0.6 is 11.6 Å². The number of rotatable bonds is 12. The van der Waals surface area contributed by atoms with E-state index in [1.165, 1.54) is 12.1 Å². The first-order chi connectivity index (χ1) is 14.7. The molecule has 8 nitrogen and oxygen atoms in total. The number of Topliss-reactive ketones (excluding diaryl/α,β-unsaturated/α-hetero) is 3. The largest absolute Gasteiger partial charge is 0.379 e. The van der Waals surface area contributed by atoms with Gasteiger partial charge in [0.15, 0.2) is 27.2 Å². The molecule has 1 aromatic rings. The molecule has 172 valence electrons. The van der Waals surface area contributed by atoms with Crippen LogP contribution in [0.5, 0.6) is 0 Å². The Labute approximate surface area is 187 Å². The Balaban J connectivity index is 2.18. The minimum atomic E-state index is -3.66. The van der Waals surface area contributed by atoms with Gasteiger partial charge in [0, 0.05) is 36.8 Å². The minimum Gasteiger partial charge on any atom is -0.379 e. The maximum atomic E-state index is 12.9. The lowest BCUT2D eigenvalue weighted by atomic mass is 9.81. The van der Waals surface area contributed by atoms with Gasteiger partial charge in [-0.2, -0.15) is 0 Å². The molecule has 0 heterocycles. The summed E-state index contributed by atoms with van der Waals surface area (Å²) in [7, 11) is -3.66. The first-order valence-corrected chi connectivity index (χ1v) is 12.3. The van der Waals surface area contributed by atoms with Crippen LogP contribution in [0.3, 0.4) is 0 Å². The van der Waals surface area contributed by atoms with Gasteiger partial charge in [0.05, 0.1) is 43.0 Å². The number of ketones is 3. The molecule has 0 unspecified atom stereocenters. The molecule has 0 aliphatic heterocycles. The Kier molecular flexibility index (Phi) is 9.77. The lowest BCUT2D eigenvalue weighted by Gasteiger charge is -2.20. The molecule has 0 atom stereocenters. The summed E-state index contributed by atoms with van der Waals surface area (Å²) in [5.41, 5.74) is 0.0503. The fraction of sp³-hybridized carbons (Fsp3) is 0.571. The fourth-order valence-corrected chi connectivity index (χ4v) is 4.58. The molecule has 1 saturated carbocycles. The Morgan fingerprint density at radius 2 is 1.61 bits per heavy atom. The highest BCUT2D eigenvalue weighted by Crippen LogP contribution is 2.32. The van der Waals surface area contributed by atoms with Crippen molar-refractivity contribution < 1.29 is 37.0 Å². The van der Waals surface area contributed by atoms with Gasteiger partial charge in [0.2, 0.25) is 0 Å². The van der Waals surface area contributed by atoms with Crippen LogP contribution < -0.4 is 0 Å². The number of hydrogen-bond acceptors (Lipinski definition) is 8. The smallest absolute Gasteiger partial charge is 0.182 e. The summed E-state index contributed by atoms with van der Waals surface area (Å²) in [6.07, 6.45) is 1.75. The van der Waals surface area contributed by atoms with E-state index in [1.54, 1.807) is 0 Å². The van der Waals surface area contributed by atoms with E-state index in [-0.39, 0.29) is 53.7 Å². The number of carbonyl (C=O) groups is 3. The van der Waals surface area contributed by atoms with Gasteiger partial charge in [0.25, 0.3) is 0 Å². The van der Waals surface area contributed by atoms with Crippen LogP contribution in [0, 0.1) is 5.92 Å². The Hall–Kier alpha value is -1.65. The average molecular weight is 475 g/mol. The maximum absolute atomic E-state index is 12.9. The molecule has 0 saturated heterocycles. The highest BCUT2D eigenvalue weighted by molar-refractivity contribution is 7.90. The van der Waals surface area contributed by atoms with Crippen molar-refractivity contribution in [2.45, 2.75) is 37.7 Å². The minimum absolute atomic E-state index is 0.0609. The van der Waals surface area contributed by atoms with Gasteiger partial charge in [-0.3, -0.25) is 14.4 Å². The molecule has 0 spiro atoms. The zero-order valence-corrected chi connectivity index (χ0v) is 19.2. The Bertz CT molecular complexity index is 910. The molecule has 0 bridgehead atoms. The van der Waals surface area contributed by atoms with E-state index in [2.05, 4.69) is 0 Å². The SMILES string of the molecule is CCOCCOCCOCc1c(S(C)(=O)=O)ccc(C(=O)C2C(=O)CCCC2=O)c1Cl. The normalized spacial score (nSPS) is 15.5. The predicted molar refractivity (Wildman–Crippen MR) is 113 cm³/mol. The zero-order chi connectivity index (χ0) is 23.0. The van der Waals surface area contributed by atoms with E-state index in [9.17, 15) is 22.8 Å². The number of carbonyl (C=O) groups excluding carboxylic acids is 3. The maximum Gasteiger partial charge on any atom is 0.182 e. The fourth-order valence-electron chi connectivity index (χ4n) is 3.29. The van der Waals surface area contributed by atoms with Crippen molar-refractivity contribution >= 4 is 38.8 Å². The molecule has 0 radical (unpaired) electrons. The van der Waals surface area contributed by atoms with Gasteiger partial charge in [-0.1, -0.05) is 11.6 Å². The highest BCUT2D eigenvalue weighted by atomic mass is 35.5. The van der Waals surface area contributed by atoms with Gasteiger partial charge in [-0.05, 0) is 25.5 Å². The molecule has 2 rings (SSSR count). The van der Waals surface area contributed by atoms with E-state index >= 15 is 0 Å². The van der Waals surface area contributed by atoms with Crippen LogP contribution in [0.15, 0.2) is 17.0 Å². The van der Waals surface area contributed by atoms with Gasteiger partial charge >= 0.3 is 0 Å². The van der Waals surface area contributed by atoms with Crippen LogP contribution in [0.25, 0.3) is 0 Å². The van der Waals surface area contributed by atoms with Crippen molar-refractivity contribution in [2.24, 2.45) is 5.92 Å². The number of benzene rings is 1. The Morgan fingerprint density at radius 3 is 2.19 bits per heavy atom. The molecule has 0 N–H and O–H groups in total. The number of ether oxygens (including phenoxy) is 3. The molecule has 0 aromatic heterocycles. The molecule has 10 heteroatoms. The third-order valence-electron chi connectivity index (χ3n) is 4.81. The van der Waals surface area contributed by atoms with Crippen LogP contribution in [-0.4, -0.2) is 65.1 Å². The van der Waals surface area contributed by atoms with Crippen LogP contribution in [0.4, 0.5) is 0 Å². The van der Waals surface area contributed by atoms with Crippen molar-refractivity contribution in [1.29, 1.82) is 0 Å². The Morgan fingerprint density at radius 1 is 1.03 bits per heavy atom. The monoisotopic (exact) mass is 474 g/mol. The second-order valence-corrected chi connectivity index (χ2v) is 9.48. The number of halogens is 1. The van der Waals surface area contributed by atoms with Crippen molar-refractivity contribution in [3.05, 3.63) is 28.3 Å². The predicted octanol–water partition coefficient (Wildman–Crippen LogP) is 2.43. The molecule has 1 aliphatic carbocycles. The summed E-state index contributed by atoms with van der Waals surface area (Å²) < 4.78 is 40.4. The molecule has 31 heavy (non-hydrogen) atoms. The number of hydrogen-bond donors (Lipinski definition) is 0. The van der Waals surface area contributed by atoms with Crippen LogP contribution in [-0.2, 0) is 40.2 Å². The van der Waals surface area contributed by atoms with E-state index in [0.717, 1.165) is 6.26 Å². The zero-order valence-electron chi connectivity index (χ0n) is 17.6. The summed E-state index contributed by atoms with van der Waals surface area (Å²) in [6.45, 7) is 3.60. The van der Waals surface area contributed by atoms with Crippen molar-refractivity contribution in [3.8, 4) is 0 Å². The van der Waals surface area contributed by atoms with Gasteiger partial charge < -0.3 is 14.2 Å². The summed E-state index contributed by atoms with van der Waals surface area (Å²) in [6, 6.07) is 2.50. The topological polar surface area (TPSA) is 113 Å². The standard InChI is InChI=1S/C21H27ClO8S/c1-3-28-9-10-29-11-12-30-13-15-18(31(2,26)27)8-7-14(20(15)22)21(25)19-16(23)5-4-6-17(19)24/h7-8,19H,3-6,9-13H2,1-2H3. The number of sulfone groups is 1. The molecule has 0 amide bonds. The third-order valence-corrected chi connectivity index (χ3v) is 6.43. The molecule has 1 aliphatic rings. The summed E-state index contributed by atoms with van der Waals surface area (Å²) in [5, 5.41) is -0.128. The van der Waals surface area contributed by atoms with Crippen LogP contribution in [0.2, 0.25) is 5.02 Å². The lowest BCUT2D eigenvalue weighted by Crippen LogP contribution is -2.35. The second-order valence-electron chi connectivity index (χ2n) is 7.12. The molecule has 1 aromatic carbocycles. The van der Waals surface area contributed by atoms with E-state index in [0.29, 0.717) is 26.2 Å². The molecular weight excluding hydrogens is 448 g/mol. The summed E-state index contributed by atoms with van der Waals surface area (Å²) in [4.78, 5) is 37.1. The molecular formula is C21H27ClO8S. The average Bonchev–Trinajstić information content (AvgIpc) is 2.69. The van der Waals surface area contributed by atoms with E-state index in [4.69, 9.17) is 25.8 Å². The first kappa shape index (κ1) is 25.6. The van der Waals surface area contributed by atoms with Gasteiger partial charge in [0.1, 0.15) is 5.92 Å².